The van der Waals surface area contributed by atoms with Gasteiger partial charge in [-0.25, -0.2) is 9.18 Å². The Morgan fingerprint density at radius 3 is 2.59 bits per heavy atom. The summed E-state index contributed by atoms with van der Waals surface area (Å²) in [5, 5.41) is 9.17. The van der Waals surface area contributed by atoms with Crippen LogP contribution in [-0.2, 0) is 11.3 Å². The molecule has 0 atom stereocenters. The van der Waals surface area contributed by atoms with Crippen LogP contribution in [0.4, 0.5) is 10.1 Å². The molecule has 0 spiro atoms. The number of fused-ring (bicyclic) bond motifs is 1. The van der Waals surface area contributed by atoms with Gasteiger partial charge in [0.1, 0.15) is 5.82 Å². The van der Waals surface area contributed by atoms with Crippen molar-refractivity contribution in [2.75, 3.05) is 4.90 Å². The number of aromatic carboxylic acids is 1. The van der Waals surface area contributed by atoms with Gasteiger partial charge in [-0.15, -0.1) is 0 Å². The topological polar surface area (TPSA) is 74.7 Å². The van der Waals surface area contributed by atoms with Crippen LogP contribution in [0, 0.1) is 5.82 Å². The first-order chi connectivity index (χ1) is 10.5. The molecule has 0 radical (unpaired) electrons. The fraction of sp³-hybridized carbons (Fsp3) is 0.0625. The molecule has 2 aromatic rings. The summed E-state index contributed by atoms with van der Waals surface area (Å²) in [5.74, 6) is -3.30. The number of benzene rings is 2. The Kier molecular flexibility index (Phi) is 3.21. The Balaban J connectivity index is 2.03. The SMILES string of the molecule is O=C(O)c1ccccc1CN1C(=O)C(=O)c2cc(F)ccc21. The largest absolute Gasteiger partial charge is 0.478 e. The molecule has 0 unspecified atom stereocenters. The highest BCUT2D eigenvalue weighted by Gasteiger charge is 2.36. The lowest BCUT2D eigenvalue weighted by Crippen LogP contribution is -2.29. The summed E-state index contributed by atoms with van der Waals surface area (Å²) < 4.78 is 13.2. The normalized spacial score (nSPS) is 13.4. The molecule has 5 nitrogen and oxygen atoms in total. The number of carbonyl (C=O) groups is 3. The second kappa shape index (κ2) is 5.07. The number of carboxylic acid groups (broad SMARTS) is 1. The van der Waals surface area contributed by atoms with Crippen LogP contribution in [0.25, 0.3) is 0 Å². The molecule has 0 fully saturated rings. The molecule has 1 N–H and O–H groups in total. The lowest BCUT2D eigenvalue weighted by molar-refractivity contribution is -0.114. The van der Waals surface area contributed by atoms with Crippen LogP contribution in [0.2, 0.25) is 0 Å². The molecular weight excluding hydrogens is 289 g/mol. The highest BCUT2D eigenvalue weighted by atomic mass is 19.1. The van der Waals surface area contributed by atoms with Crippen molar-refractivity contribution in [3.63, 3.8) is 0 Å². The maximum absolute atomic E-state index is 13.2. The lowest BCUT2D eigenvalue weighted by atomic mass is 10.1. The monoisotopic (exact) mass is 299 g/mol. The fourth-order valence-corrected chi connectivity index (χ4v) is 2.47. The minimum absolute atomic E-state index is 0.00203. The zero-order valence-electron chi connectivity index (χ0n) is 11.2. The number of nitrogens with zero attached hydrogens (tertiary/aromatic N) is 1. The van der Waals surface area contributed by atoms with Crippen molar-refractivity contribution in [1.29, 1.82) is 0 Å². The molecular formula is C16H10FNO4. The number of ketones is 1. The van der Waals surface area contributed by atoms with Gasteiger partial charge in [0, 0.05) is 0 Å². The Morgan fingerprint density at radius 2 is 1.86 bits per heavy atom. The molecule has 2 aromatic carbocycles. The van der Waals surface area contributed by atoms with Crippen molar-refractivity contribution in [3.8, 4) is 0 Å². The lowest BCUT2D eigenvalue weighted by Gasteiger charge is -2.17. The number of carboxylic acids is 1. The highest BCUT2D eigenvalue weighted by Crippen LogP contribution is 2.31. The summed E-state index contributed by atoms with van der Waals surface area (Å²) in [6, 6.07) is 9.73. The minimum atomic E-state index is -1.12. The molecule has 0 bridgehead atoms. The van der Waals surface area contributed by atoms with E-state index in [4.69, 9.17) is 5.11 Å². The van der Waals surface area contributed by atoms with Gasteiger partial charge < -0.3 is 10.0 Å². The predicted octanol–water partition coefficient (Wildman–Crippen LogP) is 2.25. The first-order valence-corrected chi connectivity index (χ1v) is 6.46. The Labute approximate surface area is 124 Å². The van der Waals surface area contributed by atoms with Crippen LogP contribution in [0.15, 0.2) is 42.5 Å². The maximum Gasteiger partial charge on any atom is 0.336 e. The molecule has 22 heavy (non-hydrogen) atoms. The third kappa shape index (κ3) is 2.14. The average molecular weight is 299 g/mol. The minimum Gasteiger partial charge on any atom is -0.478 e. The molecule has 3 rings (SSSR count). The second-order valence-corrected chi connectivity index (χ2v) is 4.84. The van der Waals surface area contributed by atoms with Crippen LogP contribution >= 0.6 is 0 Å². The number of hydrogen-bond acceptors (Lipinski definition) is 3. The van der Waals surface area contributed by atoms with Crippen molar-refractivity contribution in [1.82, 2.24) is 0 Å². The van der Waals surface area contributed by atoms with Gasteiger partial charge in [0.25, 0.3) is 11.7 Å². The zero-order chi connectivity index (χ0) is 15.9. The van der Waals surface area contributed by atoms with Gasteiger partial charge in [-0.2, -0.15) is 0 Å². The van der Waals surface area contributed by atoms with E-state index in [-0.39, 0.29) is 23.4 Å². The van der Waals surface area contributed by atoms with Gasteiger partial charge in [-0.05, 0) is 29.8 Å². The van der Waals surface area contributed by atoms with E-state index in [1.807, 2.05) is 0 Å². The number of rotatable bonds is 3. The summed E-state index contributed by atoms with van der Waals surface area (Å²) in [5.41, 5.74) is 0.737. The maximum atomic E-state index is 13.2. The van der Waals surface area contributed by atoms with E-state index in [0.717, 1.165) is 12.1 Å². The second-order valence-electron chi connectivity index (χ2n) is 4.84. The molecule has 110 valence electrons. The molecule has 6 heteroatoms. The first-order valence-electron chi connectivity index (χ1n) is 6.46. The smallest absolute Gasteiger partial charge is 0.336 e. The van der Waals surface area contributed by atoms with E-state index < -0.39 is 23.5 Å². The van der Waals surface area contributed by atoms with Crippen molar-refractivity contribution in [2.24, 2.45) is 0 Å². The zero-order valence-corrected chi connectivity index (χ0v) is 11.2. The van der Waals surface area contributed by atoms with Crippen LogP contribution in [0.3, 0.4) is 0 Å². The van der Waals surface area contributed by atoms with Gasteiger partial charge in [-0.3, -0.25) is 9.59 Å². The molecule has 0 aromatic heterocycles. The van der Waals surface area contributed by atoms with E-state index in [1.54, 1.807) is 18.2 Å². The molecule has 1 aliphatic rings. The standard InChI is InChI=1S/C16H10FNO4/c17-10-5-6-13-12(7-10)14(19)15(20)18(13)8-9-3-1-2-4-11(9)16(21)22/h1-7H,8H2,(H,21,22). The first kappa shape index (κ1) is 13.9. The molecule has 1 heterocycles. The molecule has 0 saturated carbocycles. The van der Waals surface area contributed by atoms with Crippen LogP contribution in [0.1, 0.15) is 26.3 Å². The third-order valence-corrected chi connectivity index (χ3v) is 3.51. The summed E-state index contributed by atoms with van der Waals surface area (Å²) in [4.78, 5) is 36.3. The Hall–Kier alpha value is -3.02. The summed E-state index contributed by atoms with van der Waals surface area (Å²) in [6.07, 6.45) is 0. The van der Waals surface area contributed by atoms with Crippen LogP contribution < -0.4 is 4.90 Å². The molecule has 1 aliphatic heterocycles. The van der Waals surface area contributed by atoms with E-state index >= 15 is 0 Å². The highest BCUT2D eigenvalue weighted by molar-refractivity contribution is 6.52. The number of amides is 1. The number of hydrogen-bond donors (Lipinski definition) is 1. The van der Waals surface area contributed by atoms with E-state index in [2.05, 4.69) is 0 Å². The predicted molar refractivity (Wildman–Crippen MR) is 75.3 cm³/mol. The van der Waals surface area contributed by atoms with Crippen LogP contribution in [-0.4, -0.2) is 22.8 Å². The quantitative estimate of drug-likeness (QED) is 0.882. The summed E-state index contributed by atoms with van der Waals surface area (Å²) in [7, 11) is 0. The average Bonchev–Trinajstić information content (AvgIpc) is 2.72. The summed E-state index contributed by atoms with van der Waals surface area (Å²) in [6.45, 7) is -0.0638. The number of anilines is 1. The molecule has 0 aliphatic carbocycles. The Morgan fingerprint density at radius 1 is 1.14 bits per heavy atom. The van der Waals surface area contributed by atoms with Crippen molar-refractivity contribution < 1.29 is 23.9 Å². The van der Waals surface area contributed by atoms with Gasteiger partial charge in [0.05, 0.1) is 23.4 Å². The van der Waals surface area contributed by atoms with Gasteiger partial charge in [0.2, 0.25) is 0 Å². The van der Waals surface area contributed by atoms with Gasteiger partial charge in [0.15, 0.2) is 0 Å². The van der Waals surface area contributed by atoms with E-state index in [1.165, 1.54) is 17.0 Å². The Bertz CT molecular complexity index is 816. The van der Waals surface area contributed by atoms with Crippen molar-refractivity contribution >= 4 is 23.3 Å². The van der Waals surface area contributed by atoms with Crippen molar-refractivity contribution in [2.45, 2.75) is 6.54 Å². The van der Waals surface area contributed by atoms with Crippen LogP contribution in [0.5, 0.6) is 0 Å². The summed E-state index contributed by atoms with van der Waals surface area (Å²) >= 11 is 0. The molecule has 0 saturated heterocycles. The van der Waals surface area contributed by atoms with Crippen molar-refractivity contribution in [3.05, 3.63) is 65.0 Å². The number of Topliss-reactive ketones (excluding diaryl/α,β-unsaturated/α-hetero) is 1. The van der Waals surface area contributed by atoms with E-state index in [0.29, 0.717) is 5.56 Å². The van der Waals surface area contributed by atoms with E-state index in [9.17, 15) is 18.8 Å². The van der Waals surface area contributed by atoms with Gasteiger partial charge >= 0.3 is 5.97 Å². The van der Waals surface area contributed by atoms with Gasteiger partial charge in [-0.1, -0.05) is 18.2 Å². The molecule has 1 amide bonds. The number of halogens is 1. The fourth-order valence-electron chi connectivity index (χ4n) is 2.47. The third-order valence-electron chi connectivity index (χ3n) is 3.51. The number of carbonyl (C=O) groups excluding carboxylic acids is 2.